The largest absolute Gasteiger partial charge is 0.456 e. The molecule has 4 heteroatoms. The summed E-state index contributed by atoms with van der Waals surface area (Å²) < 4.78 is 8.87. The molecule has 0 radical (unpaired) electrons. The summed E-state index contributed by atoms with van der Waals surface area (Å²) in [7, 11) is 0. The number of furan rings is 1. The molecule has 214 valence electrons. The number of nitrogens with zero attached hydrogens (tertiary/aromatic N) is 3. The van der Waals surface area contributed by atoms with Crippen LogP contribution in [-0.2, 0) is 0 Å². The minimum atomic E-state index is 0.860. The second-order valence-electron chi connectivity index (χ2n) is 11.8. The summed E-state index contributed by atoms with van der Waals surface area (Å²) in [5, 5.41) is 7.12. The Kier molecular flexibility index (Phi) is 5.25. The zero-order valence-electron chi connectivity index (χ0n) is 24.7. The maximum Gasteiger partial charge on any atom is 0.137 e. The van der Waals surface area contributed by atoms with Crippen LogP contribution in [0.4, 0.5) is 0 Å². The van der Waals surface area contributed by atoms with Crippen molar-refractivity contribution < 1.29 is 4.42 Å². The molecule has 0 aliphatic carbocycles. The molecule has 0 saturated carbocycles. The first-order valence-electron chi connectivity index (χ1n) is 15.5. The van der Waals surface area contributed by atoms with Gasteiger partial charge in [0.2, 0.25) is 0 Å². The van der Waals surface area contributed by atoms with Gasteiger partial charge in [0.05, 0.1) is 33.5 Å². The van der Waals surface area contributed by atoms with Gasteiger partial charge in [-0.1, -0.05) is 103 Å². The molecular weight excluding hydrogens is 562 g/mol. The van der Waals surface area contributed by atoms with E-state index >= 15 is 0 Å². The summed E-state index contributed by atoms with van der Waals surface area (Å²) in [6.45, 7) is 0. The molecule has 10 aromatic rings. The third-order valence-corrected chi connectivity index (χ3v) is 9.15. The van der Waals surface area contributed by atoms with Gasteiger partial charge in [0, 0.05) is 44.4 Å². The van der Waals surface area contributed by atoms with Gasteiger partial charge in [-0.05, 0) is 53.2 Å². The third-order valence-electron chi connectivity index (χ3n) is 9.15. The van der Waals surface area contributed by atoms with Gasteiger partial charge < -0.3 is 8.98 Å². The first kappa shape index (κ1) is 25.1. The van der Waals surface area contributed by atoms with Crippen LogP contribution in [0.25, 0.3) is 93.8 Å². The van der Waals surface area contributed by atoms with Crippen LogP contribution < -0.4 is 0 Å². The second kappa shape index (κ2) is 9.62. The Morgan fingerprint density at radius 3 is 1.98 bits per heavy atom. The van der Waals surface area contributed by atoms with Crippen LogP contribution in [0.1, 0.15) is 0 Å². The normalized spacial score (nSPS) is 11.9. The fourth-order valence-corrected chi connectivity index (χ4v) is 7.08. The molecule has 0 bridgehead atoms. The highest BCUT2D eigenvalue weighted by Gasteiger charge is 2.19. The summed E-state index contributed by atoms with van der Waals surface area (Å²) in [4.78, 5) is 10.3. The van der Waals surface area contributed by atoms with Crippen molar-refractivity contribution in [3.05, 3.63) is 152 Å². The highest BCUT2D eigenvalue weighted by Crippen LogP contribution is 2.41. The standard InChI is InChI=1S/C42H25N3O/c1-2-12-27(13-3-1)41-42(44-35-19-8-7-18-34(35)43-41)28-14-10-15-29(23-28)45-36-20-9-6-17-31(36)32-24-33-39(25-37(32)45)46-38-22-21-26-11-4-5-16-30(26)40(33)38/h1-25H. The predicted molar refractivity (Wildman–Crippen MR) is 190 cm³/mol. The zero-order valence-corrected chi connectivity index (χ0v) is 24.7. The smallest absolute Gasteiger partial charge is 0.137 e. The number of fused-ring (bicyclic) bond motifs is 9. The number of hydrogen-bond acceptors (Lipinski definition) is 3. The Morgan fingerprint density at radius 2 is 1.13 bits per heavy atom. The second-order valence-corrected chi connectivity index (χ2v) is 11.8. The van der Waals surface area contributed by atoms with Crippen LogP contribution in [0.2, 0.25) is 0 Å². The highest BCUT2D eigenvalue weighted by molar-refractivity contribution is 6.23. The van der Waals surface area contributed by atoms with Crippen molar-refractivity contribution in [2.75, 3.05) is 0 Å². The molecule has 0 aliphatic rings. The van der Waals surface area contributed by atoms with Crippen LogP contribution in [0.15, 0.2) is 156 Å². The summed E-state index contributed by atoms with van der Waals surface area (Å²) in [5.41, 5.74) is 10.6. The summed E-state index contributed by atoms with van der Waals surface area (Å²) in [6.07, 6.45) is 0. The van der Waals surface area contributed by atoms with E-state index < -0.39 is 0 Å². The van der Waals surface area contributed by atoms with E-state index in [1.54, 1.807) is 0 Å². The van der Waals surface area contributed by atoms with Crippen LogP contribution in [-0.4, -0.2) is 14.5 Å². The van der Waals surface area contributed by atoms with Crippen molar-refractivity contribution in [3.8, 4) is 28.2 Å². The van der Waals surface area contributed by atoms with E-state index in [2.05, 4.69) is 114 Å². The Labute approximate surface area is 263 Å². The van der Waals surface area contributed by atoms with E-state index in [1.807, 2.05) is 42.5 Å². The van der Waals surface area contributed by atoms with Gasteiger partial charge in [0.25, 0.3) is 0 Å². The molecule has 0 saturated heterocycles. The van der Waals surface area contributed by atoms with Crippen molar-refractivity contribution >= 4 is 65.6 Å². The lowest BCUT2D eigenvalue weighted by Gasteiger charge is -2.13. The number of aromatic nitrogens is 3. The average Bonchev–Trinajstić information content (AvgIpc) is 3.65. The Morgan fingerprint density at radius 1 is 0.435 bits per heavy atom. The van der Waals surface area contributed by atoms with E-state index in [9.17, 15) is 0 Å². The average molecular weight is 588 g/mol. The van der Waals surface area contributed by atoms with Crippen LogP contribution in [0.3, 0.4) is 0 Å². The van der Waals surface area contributed by atoms with Crippen molar-refractivity contribution in [2.45, 2.75) is 0 Å². The van der Waals surface area contributed by atoms with Gasteiger partial charge in [0.1, 0.15) is 11.2 Å². The van der Waals surface area contributed by atoms with Crippen LogP contribution in [0, 0.1) is 0 Å². The maximum absolute atomic E-state index is 6.52. The van der Waals surface area contributed by atoms with Gasteiger partial charge in [-0.3, -0.25) is 0 Å². The minimum Gasteiger partial charge on any atom is -0.456 e. The summed E-state index contributed by atoms with van der Waals surface area (Å²) >= 11 is 0. The first-order valence-corrected chi connectivity index (χ1v) is 15.5. The van der Waals surface area contributed by atoms with Gasteiger partial charge in [-0.25, -0.2) is 9.97 Å². The van der Waals surface area contributed by atoms with E-state index in [4.69, 9.17) is 14.4 Å². The van der Waals surface area contributed by atoms with Crippen LogP contribution >= 0.6 is 0 Å². The molecule has 10 rings (SSSR count). The quantitative estimate of drug-likeness (QED) is 0.207. The topological polar surface area (TPSA) is 43.9 Å². The minimum absolute atomic E-state index is 0.860. The Hall–Kier alpha value is -6.26. The van der Waals surface area contributed by atoms with Crippen molar-refractivity contribution in [3.63, 3.8) is 0 Å². The molecule has 0 fully saturated rings. The van der Waals surface area contributed by atoms with Crippen molar-refractivity contribution in [2.24, 2.45) is 0 Å². The summed E-state index contributed by atoms with van der Waals surface area (Å²) in [5.74, 6) is 0. The zero-order chi connectivity index (χ0) is 30.2. The van der Waals surface area contributed by atoms with Gasteiger partial charge in [0.15, 0.2) is 0 Å². The molecule has 0 spiro atoms. The van der Waals surface area contributed by atoms with E-state index in [0.29, 0.717) is 0 Å². The Bertz CT molecular complexity index is 2810. The molecule has 7 aromatic carbocycles. The lowest BCUT2D eigenvalue weighted by molar-refractivity contribution is 0.669. The number of para-hydroxylation sites is 3. The number of rotatable bonds is 3. The van der Waals surface area contributed by atoms with Crippen molar-refractivity contribution in [1.82, 2.24) is 14.5 Å². The number of hydrogen-bond donors (Lipinski definition) is 0. The molecule has 46 heavy (non-hydrogen) atoms. The fourth-order valence-electron chi connectivity index (χ4n) is 7.08. The number of benzene rings is 7. The van der Waals surface area contributed by atoms with E-state index in [-0.39, 0.29) is 0 Å². The Balaban J connectivity index is 1.24. The van der Waals surface area contributed by atoms with Gasteiger partial charge in [-0.15, -0.1) is 0 Å². The molecular formula is C42H25N3O. The molecule has 0 unspecified atom stereocenters. The highest BCUT2D eigenvalue weighted by atomic mass is 16.3. The lowest BCUT2D eigenvalue weighted by Crippen LogP contribution is -1.98. The molecule has 4 nitrogen and oxygen atoms in total. The SMILES string of the molecule is c1ccc(-c2nc3ccccc3nc2-c2cccc(-n3c4ccccc4c4cc5c(cc43)oc3ccc4ccccc4c35)c2)cc1. The van der Waals surface area contributed by atoms with Crippen LogP contribution in [0.5, 0.6) is 0 Å². The van der Waals surface area contributed by atoms with E-state index in [0.717, 1.165) is 72.2 Å². The van der Waals surface area contributed by atoms with E-state index in [1.165, 1.54) is 21.5 Å². The molecule has 0 amide bonds. The van der Waals surface area contributed by atoms with Gasteiger partial charge >= 0.3 is 0 Å². The fraction of sp³-hybridized carbons (Fsp3) is 0. The summed E-state index contributed by atoms with van der Waals surface area (Å²) in [6, 6.07) is 53.0. The molecule has 3 aromatic heterocycles. The predicted octanol–water partition coefficient (Wildman–Crippen LogP) is 11.1. The molecule has 3 heterocycles. The first-order chi connectivity index (χ1) is 22.8. The molecule has 0 N–H and O–H groups in total. The van der Waals surface area contributed by atoms with Gasteiger partial charge in [-0.2, -0.15) is 0 Å². The van der Waals surface area contributed by atoms with Crippen molar-refractivity contribution in [1.29, 1.82) is 0 Å². The monoisotopic (exact) mass is 587 g/mol. The third kappa shape index (κ3) is 3.67. The molecule has 0 aliphatic heterocycles. The maximum atomic E-state index is 6.52. The molecule has 0 atom stereocenters. The lowest BCUT2D eigenvalue weighted by atomic mass is 10.0.